The maximum atomic E-state index is 9.29. The number of nitriles is 1. The van der Waals surface area contributed by atoms with E-state index in [-0.39, 0.29) is 0 Å². The van der Waals surface area contributed by atoms with Gasteiger partial charge in [0, 0.05) is 0 Å². The van der Waals surface area contributed by atoms with E-state index in [0.29, 0.717) is 10.8 Å². The number of ether oxygens (including phenoxy) is 1. The summed E-state index contributed by atoms with van der Waals surface area (Å²) < 4.78 is 5.13. The molecule has 2 heterocycles. The van der Waals surface area contributed by atoms with Crippen LogP contribution >= 0.6 is 11.8 Å². The van der Waals surface area contributed by atoms with Crippen molar-refractivity contribution in [2.75, 3.05) is 13.2 Å². The highest BCUT2D eigenvalue weighted by Gasteiger charge is 2.23. The van der Waals surface area contributed by atoms with E-state index in [0.717, 1.165) is 42.3 Å². The second kappa shape index (κ2) is 5.48. The standard InChI is InChI=1S/C12H15N3OS/c1-3-9-10(5-13)12(15-14-11(9)4-2)17-8-6-16-7-8/h8H,3-4,6-7H2,1-2H3. The molecule has 1 aromatic heterocycles. The lowest BCUT2D eigenvalue weighted by atomic mass is 10.1. The van der Waals surface area contributed by atoms with Gasteiger partial charge in [0.1, 0.15) is 11.1 Å². The van der Waals surface area contributed by atoms with Crippen LogP contribution in [0.4, 0.5) is 0 Å². The number of hydrogen-bond acceptors (Lipinski definition) is 5. The first-order valence-electron chi connectivity index (χ1n) is 5.83. The van der Waals surface area contributed by atoms with Crippen molar-refractivity contribution < 1.29 is 4.74 Å². The third kappa shape index (κ3) is 2.43. The van der Waals surface area contributed by atoms with Crippen LogP contribution in [0.3, 0.4) is 0 Å². The molecule has 2 rings (SSSR count). The van der Waals surface area contributed by atoms with E-state index in [9.17, 15) is 5.26 Å². The van der Waals surface area contributed by atoms with E-state index in [1.54, 1.807) is 11.8 Å². The van der Waals surface area contributed by atoms with Crippen molar-refractivity contribution in [1.82, 2.24) is 10.2 Å². The molecule has 1 saturated heterocycles. The van der Waals surface area contributed by atoms with Crippen LogP contribution in [0.2, 0.25) is 0 Å². The molecule has 0 aliphatic carbocycles. The lowest BCUT2D eigenvalue weighted by Crippen LogP contribution is -2.30. The molecule has 1 aromatic rings. The summed E-state index contributed by atoms with van der Waals surface area (Å²) in [5.74, 6) is 0. The number of aromatic nitrogens is 2. The number of nitrogens with zero attached hydrogens (tertiary/aromatic N) is 3. The second-order valence-electron chi connectivity index (χ2n) is 3.90. The molecule has 0 unspecified atom stereocenters. The largest absolute Gasteiger partial charge is 0.379 e. The number of rotatable bonds is 4. The molecule has 1 fully saturated rings. The zero-order valence-corrected chi connectivity index (χ0v) is 10.9. The van der Waals surface area contributed by atoms with Gasteiger partial charge in [0.15, 0.2) is 0 Å². The van der Waals surface area contributed by atoms with E-state index in [4.69, 9.17) is 4.74 Å². The minimum Gasteiger partial charge on any atom is -0.379 e. The minimum absolute atomic E-state index is 0.425. The van der Waals surface area contributed by atoms with Gasteiger partial charge in [-0.3, -0.25) is 0 Å². The monoisotopic (exact) mass is 249 g/mol. The zero-order chi connectivity index (χ0) is 12.3. The van der Waals surface area contributed by atoms with Gasteiger partial charge < -0.3 is 4.74 Å². The fourth-order valence-electron chi connectivity index (χ4n) is 1.79. The third-order valence-corrected chi connectivity index (χ3v) is 3.93. The SMILES string of the molecule is CCc1nnc(SC2COC2)c(C#N)c1CC. The van der Waals surface area contributed by atoms with Crippen LogP contribution in [-0.4, -0.2) is 28.7 Å². The van der Waals surface area contributed by atoms with E-state index in [1.807, 2.05) is 6.92 Å². The van der Waals surface area contributed by atoms with Crippen LogP contribution in [0.5, 0.6) is 0 Å². The molecule has 1 aliphatic heterocycles. The lowest BCUT2D eigenvalue weighted by molar-refractivity contribution is 0.0454. The van der Waals surface area contributed by atoms with Gasteiger partial charge in [-0.15, -0.1) is 5.10 Å². The van der Waals surface area contributed by atoms with Gasteiger partial charge in [-0.1, -0.05) is 25.6 Å². The molecule has 0 amide bonds. The lowest BCUT2D eigenvalue weighted by Gasteiger charge is -2.25. The Hall–Kier alpha value is -1.12. The molecule has 0 saturated carbocycles. The van der Waals surface area contributed by atoms with Crippen LogP contribution in [0.15, 0.2) is 5.03 Å². The highest BCUT2D eigenvalue weighted by molar-refractivity contribution is 8.00. The number of thioether (sulfide) groups is 1. The quantitative estimate of drug-likeness (QED) is 0.816. The van der Waals surface area contributed by atoms with E-state index < -0.39 is 0 Å². The summed E-state index contributed by atoms with van der Waals surface area (Å²) in [4.78, 5) is 0. The highest BCUT2D eigenvalue weighted by Crippen LogP contribution is 2.30. The van der Waals surface area contributed by atoms with Gasteiger partial charge in [-0.2, -0.15) is 10.4 Å². The minimum atomic E-state index is 0.425. The van der Waals surface area contributed by atoms with Crippen molar-refractivity contribution in [3.8, 4) is 6.07 Å². The van der Waals surface area contributed by atoms with E-state index >= 15 is 0 Å². The van der Waals surface area contributed by atoms with E-state index in [2.05, 4.69) is 23.2 Å². The molecule has 0 bridgehead atoms. The summed E-state index contributed by atoms with van der Waals surface area (Å²) in [6.07, 6.45) is 1.65. The first-order valence-corrected chi connectivity index (χ1v) is 6.71. The van der Waals surface area contributed by atoms with Crippen molar-refractivity contribution in [3.63, 3.8) is 0 Å². The summed E-state index contributed by atoms with van der Waals surface area (Å²) in [6, 6.07) is 2.28. The first-order chi connectivity index (χ1) is 8.30. The Bertz CT molecular complexity index is 452. The summed E-state index contributed by atoms with van der Waals surface area (Å²) in [5.41, 5.74) is 2.70. The molecule has 1 aliphatic rings. The van der Waals surface area contributed by atoms with Crippen LogP contribution in [-0.2, 0) is 17.6 Å². The normalized spacial score (nSPS) is 15.4. The molecule has 0 aromatic carbocycles. The fraction of sp³-hybridized carbons (Fsp3) is 0.583. The van der Waals surface area contributed by atoms with Gasteiger partial charge in [-0.05, 0) is 18.4 Å². The maximum absolute atomic E-state index is 9.29. The Morgan fingerprint density at radius 2 is 2.12 bits per heavy atom. The smallest absolute Gasteiger partial charge is 0.137 e. The van der Waals surface area contributed by atoms with Gasteiger partial charge in [0.05, 0.1) is 29.7 Å². The van der Waals surface area contributed by atoms with E-state index in [1.165, 1.54) is 0 Å². The van der Waals surface area contributed by atoms with Crippen LogP contribution in [0.25, 0.3) is 0 Å². The Labute approximate surface area is 105 Å². The van der Waals surface area contributed by atoms with Gasteiger partial charge >= 0.3 is 0 Å². The topological polar surface area (TPSA) is 58.8 Å². The molecular weight excluding hydrogens is 234 g/mol. The zero-order valence-electron chi connectivity index (χ0n) is 10.1. The molecule has 0 radical (unpaired) electrons. The Morgan fingerprint density at radius 3 is 2.59 bits per heavy atom. The Balaban J connectivity index is 2.34. The molecule has 0 N–H and O–H groups in total. The molecule has 17 heavy (non-hydrogen) atoms. The highest BCUT2D eigenvalue weighted by atomic mass is 32.2. The Morgan fingerprint density at radius 1 is 1.35 bits per heavy atom. The third-order valence-electron chi connectivity index (χ3n) is 2.81. The van der Waals surface area contributed by atoms with Crippen molar-refractivity contribution in [2.24, 2.45) is 0 Å². The Kier molecular flexibility index (Phi) is 3.97. The van der Waals surface area contributed by atoms with Crippen molar-refractivity contribution in [2.45, 2.75) is 37.0 Å². The molecule has 4 nitrogen and oxygen atoms in total. The second-order valence-corrected chi connectivity index (χ2v) is 5.19. The summed E-state index contributed by atoms with van der Waals surface area (Å²) in [5, 5.41) is 18.9. The van der Waals surface area contributed by atoms with Gasteiger partial charge in [-0.25, -0.2) is 0 Å². The molecule has 90 valence electrons. The average Bonchev–Trinajstić information content (AvgIpc) is 2.32. The number of aryl methyl sites for hydroxylation is 1. The van der Waals surface area contributed by atoms with Crippen molar-refractivity contribution in [3.05, 3.63) is 16.8 Å². The molecule has 0 atom stereocenters. The fourth-order valence-corrected chi connectivity index (χ4v) is 2.81. The van der Waals surface area contributed by atoms with Crippen molar-refractivity contribution in [1.29, 1.82) is 5.26 Å². The molecule has 0 spiro atoms. The van der Waals surface area contributed by atoms with Crippen LogP contribution < -0.4 is 0 Å². The van der Waals surface area contributed by atoms with Crippen LogP contribution in [0.1, 0.15) is 30.7 Å². The molecule has 5 heteroatoms. The predicted octanol–water partition coefficient (Wildman–Crippen LogP) is 1.96. The number of hydrogen-bond donors (Lipinski definition) is 0. The summed E-state index contributed by atoms with van der Waals surface area (Å²) >= 11 is 1.61. The van der Waals surface area contributed by atoms with Crippen molar-refractivity contribution >= 4 is 11.8 Å². The van der Waals surface area contributed by atoms with Gasteiger partial charge in [0.2, 0.25) is 0 Å². The maximum Gasteiger partial charge on any atom is 0.137 e. The first kappa shape index (κ1) is 12.3. The molecular formula is C12H15N3OS. The van der Waals surface area contributed by atoms with Gasteiger partial charge in [0.25, 0.3) is 0 Å². The predicted molar refractivity (Wildman–Crippen MR) is 66.0 cm³/mol. The van der Waals surface area contributed by atoms with Crippen LogP contribution in [0, 0.1) is 11.3 Å². The summed E-state index contributed by atoms with van der Waals surface area (Å²) in [7, 11) is 0. The summed E-state index contributed by atoms with van der Waals surface area (Å²) in [6.45, 7) is 5.58. The average molecular weight is 249 g/mol.